The Balaban J connectivity index is 2.07. The van der Waals surface area contributed by atoms with Crippen molar-refractivity contribution < 1.29 is 14.2 Å². The van der Waals surface area contributed by atoms with Crippen LogP contribution in [0.5, 0.6) is 0 Å². The second-order valence-corrected chi connectivity index (χ2v) is 4.47. The van der Waals surface area contributed by atoms with E-state index in [1.807, 2.05) is 0 Å². The minimum atomic E-state index is -0.731. The van der Waals surface area contributed by atoms with E-state index in [0.29, 0.717) is 6.42 Å². The van der Waals surface area contributed by atoms with Crippen molar-refractivity contribution in [2.75, 3.05) is 5.43 Å². The molecule has 0 unspecified atom stereocenters. The number of benzene rings is 2. The van der Waals surface area contributed by atoms with Gasteiger partial charge >= 0.3 is 5.69 Å². The van der Waals surface area contributed by atoms with E-state index in [2.05, 4.69) is 10.5 Å². The molecule has 0 aliphatic carbocycles. The first kappa shape index (κ1) is 16.0. The Kier molecular flexibility index (Phi) is 4.92. The molecule has 0 spiro atoms. The number of hydrogen-bond donors (Lipinski definition) is 1. The summed E-state index contributed by atoms with van der Waals surface area (Å²) in [6, 6.07) is 9.04. The third kappa shape index (κ3) is 4.30. The summed E-state index contributed by atoms with van der Waals surface area (Å²) >= 11 is 0. The van der Waals surface area contributed by atoms with E-state index in [4.69, 9.17) is 0 Å². The molecule has 2 aromatic carbocycles. The van der Waals surface area contributed by atoms with Gasteiger partial charge in [0.25, 0.3) is 5.69 Å². The van der Waals surface area contributed by atoms with Crippen molar-refractivity contribution in [2.24, 2.45) is 5.10 Å². The third-order valence-electron chi connectivity index (χ3n) is 2.91. The molecule has 2 aromatic rings. The number of nitrogens with one attached hydrogen (secondary N) is 1. The number of halogens is 1. The molecule has 2 rings (SSSR count). The van der Waals surface area contributed by atoms with Crippen LogP contribution in [0.4, 0.5) is 21.5 Å². The van der Waals surface area contributed by atoms with Crippen LogP contribution >= 0.6 is 0 Å². The van der Waals surface area contributed by atoms with Gasteiger partial charge < -0.3 is 0 Å². The summed E-state index contributed by atoms with van der Waals surface area (Å²) in [6.07, 6.45) is 1.85. The molecule has 0 fully saturated rings. The van der Waals surface area contributed by atoms with Crippen LogP contribution in [0, 0.1) is 26.0 Å². The first-order chi connectivity index (χ1) is 11.0. The molecule has 0 aliphatic heterocycles. The smallest absolute Gasteiger partial charge is 0.272 e. The maximum absolute atomic E-state index is 12.7. The standard InChI is InChI=1S/C14H11FN4O4/c15-11-3-1-10(2-4-11)7-8-16-17-13-6-5-12(18(20)21)9-14(13)19(22)23/h1-6,8-9,17H,7H2/b16-8+. The average Bonchev–Trinajstić information content (AvgIpc) is 2.53. The van der Waals surface area contributed by atoms with Crippen LogP contribution in [-0.4, -0.2) is 16.1 Å². The monoisotopic (exact) mass is 318 g/mol. The highest BCUT2D eigenvalue weighted by Crippen LogP contribution is 2.28. The zero-order valence-corrected chi connectivity index (χ0v) is 11.7. The van der Waals surface area contributed by atoms with Gasteiger partial charge in [0.05, 0.1) is 15.9 Å². The summed E-state index contributed by atoms with van der Waals surface area (Å²) < 4.78 is 12.7. The fourth-order valence-corrected chi connectivity index (χ4v) is 1.77. The molecule has 0 saturated carbocycles. The van der Waals surface area contributed by atoms with Crippen molar-refractivity contribution in [3.05, 3.63) is 74.1 Å². The van der Waals surface area contributed by atoms with E-state index in [1.165, 1.54) is 24.4 Å². The fourth-order valence-electron chi connectivity index (χ4n) is 1.77. The van der Waals surface area contributed by atoms with Crippen molar-refractivity contribution in [2.45, 2.75) is 6.42 Å². The van der Waals surface area contributed by atoms with Crippen LogP contribution in [0.25, 0.3) is 0 Å². The van der Waals surface area contributed by atoms with Gasteiger partial charge in [-0.2, -0.15) is 5.10 Å². The van der Waals surface area contributed by atoms with Crippen LogP contribution in [-0.2, 0) is 6.42 Å². The van der Waals surface area contributed by atoms with Crippen molar-refractivity contribution in [1.82, 2.24) is 0 Å². The second kappa shape index (κ2) is 7.07. The minimum Gasteiger partial charge on any atom is -0.272 e. The molecule has 0 aliphatic rings. The number of non-ortho nitro benzene ring substituents is 1. The maximum atomic E-state index is 12.7. The molecule has 9 heteroatoms. The van der Waals surface area contributed by atoms with Crippen molar-refractivity contribution in [3.63, 3.8) is 0 Å². The summed E-state index contributed by atoms with van der Waals surface area (Å²) in [6.45, 7) is 0. The zero-order valence-electron chi connectivity index (χ0n) is 11.7. The zero-order chi connectivity index (χ0) is 16.8. The van der Waals surface area contributed by atoms with E-state index in [1.54, 1.807) is 12.1 Å². The van der Waals surface area contributed by atoms with Crippen LogP contribution in [0.1, 0.15) is 5.56 Å². The molecule has 118 valence electrons. The number of nitrogens with zero attached hydrogens (tertiary/aromatic N) is 3. The Bertz CT molecular complexity index is 762. The van der Waals surface area contributed by atoms with E-state index in [-0.39, 0.29) is 17.2 Å². The first-order valence-electron chi connectivity index (χ1n) is 6.42. The molecule has 0 aromatic heterocycles. The molecule has 8 nitrogen and oxygen atoms in total. The van der Waals surface area contributed by atoms with Gasteiger partial charge in [-0.05, 0) is 23.8 Å². The van der Waals surface area contributed by atoms with Gasteiger partial charge in [0.2, 0.25) is 0 Å². The molecule has 23 heavy (non-hydrogen) atoms. The number of rotatable bonds is 6. The van der Waals surface area contributed by atoms with E-state index < -0.39 is 15.5 Å². The van der Waals surface area contributed by atoms with Gasteiger partial charge in [-0.15, -0.1) is 0 Å². The third-order valence-corrected chi connectivity index (χ3v) is 2.91. The second-order valence-electron chi connectivity index (χ2n) is 4.47. The van der Waals surface area contributed by atoms with Crippen LogP contribution in [0.3, 0.4) is 0 Å². The Morgan fingerprint density at radius 1 is 1.09 bits per heavy atom. The summed E-state index contributed by atoms with van der Waals surface area (Å²) in [5.74, 6) is -0.342. The van der Waals surface area contributed by atoms with Crippen molar-refractivity contribution in [1.29, 1.82) is 0 Å². The Hall–Kier alpha value is -3.36. The molecular formula is C14H11FN4O4. The number of hydrazone groups is 1. The predicted molar refractivity (Wildman–Crippen MR) is 82.0 cm³/mol. The van der Waals surface area contributed by atoms with Crippen molar-refractivity contribution >= 4 is 23.3 Å². The van der Waals surface area contributed by atoms with Gasteiger partial charge in [0, 0.05) is 18.7 Å². The topological polar surface area (TPSA) is 111 Å². The predicted octanol–water partition coefficient (Wildman–Crippen LogP) is 3.28. The number of anilines is 1. The number of hydrogen-bond acceptors (Lipinski definition) is 6. The summed E-state index contributed by atoms with van der Waals surface area (Å²) in [7, 11) is 0. The first-order valence-corrected chi connectivity index (χ1v) is 6.42. The highest BCUT2D eigenvalue weighted by molar-refractivity contribution is 5.68. The highest BCUT2D eigenvalue weighted by atomic mass is 19.1. The van der Waals surface area contributed by atoms with Gasteiger partial charge in [0.1, 0.15) is 11.5 Å². The van der Waals surface area contributed by atoms with Crippen LogP contribution in [0.15, 0.2) is 47.6 Å². The van der Waals surface area contributed by atoms with Crippen LogP contribution < -0.4 is 5.43 Å². The van der Waals surface area contributed by atoms with Gasteiger partial charge in [-0.3, -0.25) is 25.7 Å². The maximum Gasteiger partial charge on any atom is 0.301 e. The lowest BCUT2D eigenvalue weighted by molar-refractivity contribution is -0.393. The molecule has 0 heterocycles. The highest BCUT2D eigenvalue weighted by Gasteiger charge is 2.18. The lowest BCUT2D eigenvalue weighted by Crippen LogP contribution is -1.99. The minimum absolute atomic E-state index is 0.0379. The largest absolute Gasteiger partial charge is 0.301 e. The van der Waals surface area contributed by atoms with Gasteiger partial charge in [-0.1, -0.05) is 12.1 Å². The molecule has 0 radical (unpaired) electrons. The van der Waals surface area contributed by atoms with E-state index >= 15 is 0 Å². The molecule has 0 saturated heterocycles. The molecule has 1 N–H and O–H groups in total. The number of nitro groups is 2. The Labute approximate surface area is 129 Å². The lowest BCUT2D eigenvalue weighted by atomic mass is 10.2. The molecular weight excluding hydrogens is 307 g/mol. The Morgan fingerprint density at radius 3 is 2.39 bits per heavy atom. The average molecular weight is 318 g/mol. The fraction of sp³-hybridized carbons (Fsp3) is 0.0714. The van der Waals surface area contributed by atoms with Gasteiger partial charge in [0.15, 0.2) is 0 Å². The lowest BCUT2D eigenvalue weighted by Gasteiger charge is -2.02. The van der Waals surface area contributed by atoms with E-state index in [0.717, 1.165) is 17.7 Å². The van der Waals surface area contributed by atoms with Gasteiger partial charge in [-0.25, -0.2) is 4.39 Å². The van der Waals surface area contributed by atoms with E-state index in [9.17, 15) is 24.6 Å². The quantitative estimate of drug-likeness (QED) is 0.499. The molecule has 0 atom stereocenters. The Morgan fingerprint density at radius 2 is 1.78 bits per heavy atom. The normalized spacial score (nSPS) is 10.7. The molecule has 0 amide bonds. The summed E-state index contributed by atoms with van der Waals surface area (Å²) in [5.41, 5.74) is 2.50. The summed E-state index contributed by atoms with van der Waals surface area (Å²) in [5, 5.41) is 25.4. The van der Waals surface area contributed by atoms with Crippen molar-refractivity contribution in [3.8, 4) is 0 Å². The summed E-state index contributed by atoms with van der Waals surface area (Å²) in [4.78, 5) is 20.1. The SMILES string of the molecule is O=[N+]([O-])c1ccc(N/N=C/Cc2ccc(F)cc2)c([N+](=O)[O-])c1. The van der Waals surface area contributed by atoms with Crippen LogP contribution in [0.2, 0.25) is 0 Å². The molecule has 0 bridgehead atoms. The number of nitro benzene ring substituents is 2.